The van der Waals surface area contributed by atoms with Crippen LogP contribution in [0.1, 0.15) is 51.9 Å². The predicted molar refractivity (Wildman–Crippen MR) is 258 cm³/mol. The SMILES string of the molecule is Cc1ccccc1-c1cccc2c1C=C(c1ccccc1)[CH]2[Hf]([Cl])([Cl])([c]1cccc2c1[SiH2]c1ccccc1-2)[CH]1C(c2ccccc2)=Cc2c(-c3ccccc3C)cccc21. The van der Waals surface area contributed by atoms with E-state index in [2.05, 4.69) is 214 Å². The summed E-state index contributed by atoms with van der Waals surface area (Å²) in [6.07, 6.45) is 4.91. The summed E-state index contributed by atoms with van der Waals surface area (Å²) in [7, 11) is 18.0. The van der Waals surface area contributed by atoms with Crippen LogP contribution in [0.2, 0.25) is 0 Å². The first-order chi connectivity index (χ1) is 29.3. The van der Waals surface area contributed by atoms with Gasteiger partial charge in [0.05, 0.1) is 0 Å². The van der Waals surface area contributed by atoms with Gasteiger partial charge in [0.2, 0.25) is 0 Å². The number of halogens is 2. The average molecular weight is 993 g/mol. The van der Waals surface area contributed by atoms with Gasteiger partial charge in [-0.1, -0.05) is 0 Å². The van der Waals surface area contributed by atoms with Crippen LogP contribution in [0.3, 0.4) is 0 Å². The summed E-state index contributed by atoms with van der Waals surface area (Å²) in [6, 6.07) is 69.1. The third-order valence-electron chi connectivity index (χ3n) is 13.6. The minimum absolute atomic E-state index is 0.249. The van der Waals surface area contributed by atoms with Crippen molar-refractivity contribution in [2.75, 3.05) is 0 Å². The van der Waals surface area contributed by atoms with Crippen molar-refractivity contribution in [1.29, 1.82) is 0 Å². The van der Waals surface area contributed by atoms with Gasteiger partial charge in [-0.15, -0.1) is 0 Å². The first kappa shape index (κ1) is 37.9. The molecule has 8 aromatic carbocycles. The summed E-state index contributed by atoms with van der Waals surface area (Å²) in [4.78, 5) is 0. The van der Waals surface area contributed by atoms with E-state index < -0.39 is 25.7 Å². The third kappa shape index (κ3) is 5.72. The number of hydrogen-bond donors (Lipinski definition) is 0. The number of rotatable bonds is 7. The van der Waals surface area contributed by atoms with Crippen molar-refractivity contribution in [3.05, 3.63) is 233 Å². The Morgan fingerprint density at radius 2 is 0.817 bits per heavy atom. The molecule has 1 heterocycles. The van der Waals surface area contributed by atoms with E-state index in [0.717, 1.165) is 0 Å². The molecule has 289 valence electrons. The molecule has 0 saturated carbocycles. The quantitative estimate of drug-likeness (QED) is 0.140. The van der Waals surface area contributed by atoms with E-state index >= 15 is 0 Å². The molecule has 0 saturated heterocycles. The Kier molecular flexibility index (Phi) is 9.17. The Labute approximate surface area is 364 Å². The summed E-state index contributed by atoms with van der Waals surface area (Å²) < 4.78 is 0.736. The molecule has 2 unspecified atom stereocenters. The van der Waals surface area contributed by atoms with Crippen LogP contribution in [0.15, 0.2) is 188 Å². The van der Waals surface area contributed by atoms with Crippen LogP contribution in [-0.2, 0) is 16.1 Å². The second kappa shape index (κ2) is 14.5. The molecule has 8 aromatic rings. The fourth-order valence-corrected chi connectivity index (χ4v) is 48.7. The third-order valence-corrected chi connectivity index (χ3v) is 44.9. The maximum absolute atomic E-state index is 9.49. The van der Waals surface area contributed by atoms with Gasteiger partial charge in [0.25, 0.3) is 0 Å². The van der Waals surface area contributed by atoms with Gasteiger partial charge in [-0.05, 0) is 0 Å². The van der Waals surface area contributed by atoms with Gasteiger partial charge in [-0.25, -0.2) is 0 Å². The summed E-state index contributed by atoms with van der Waals surface area (Å²) in [5.74, 6) is 0. The Morgan fingerprint density at radius 1 is 0.400 bits per heavy atom. The van der Waals surface area contributed by atoms with Crippen LogP contribution < -0.4 is 13.7 Å². The zero-order valence-electron chi connectivity index (χ0n) is 33.7. The number of fused-ring (bicyclic) bond motifs is 5. The van der Waals surface area contributed by atoms with Gasteiger partial charge >= 0.3 is 367 Å². The van der Waals surface area contributed by atoms with E-state index in [1.54, 1.807) is 0 Å². The molecule has 0 nitrogen and oxygen atoms in total. The van der Waals surface area contributed by atoms with Gasteiger partial charge in [0, 0.05) is 0 Å². The Hall–Kier alpha value is -5.09. The standard InChI is InChI=1S/2C22H17.C12H9Si.2ClH.Hf/c2*1-16-8-5-6-12-20(16)21-13-7-11-18-14-19(15-22(18)21)17-9-3-2-4-10-17;1-3-7-11-9(5-1)10-6-2-4-8-12(10)13-11;;;/h2*2-15H,1H3;1-7H,13H2;2*1H;/q;;;;;+2/p-2. The summed E-state index contributed by atoms with van der Waals surface area (Å²) >= 11 is -6.08. The Balaban J connectivity index is 1.28. The molecule has 2 aliphatic carbocycles. The molecule has 0 N–H and O–H groups in total. The molecular weight excluding hydrogens is 950 g/mol. The van der Waals surface area contributed by atoms with Crippen LogP contribution in [-0.4, -0.2) is 9.52 Å². The molecule has 2 atom stereocenters. The van der Waals surface area contributed by atoms with Crippen molar-refractivity contribution in [2.45, 2.75) is 21.2 Å². The average Bonchev–Trinajstić information content (AvgIpc) is 4.01. The molecule has 0 bridgehead atoms. The molecule has 0 spiro atoms. The molecule has 4 heteroatoms. The number of aryl methyl sites for hydroxylation is 2. The zero-order chi connectivity index (χ0) is 40.6. The summed E-state index contributed by atoms with van der Waals surface area (Å²) in [5, 5.41) is 2.89. The second-order valence-electron chi connectivity index (χ2n) is 16.9. The summed E-state index contributed by atoms with van der Waals surface area (Å²) in [6.45, 7) is 4.43. The van der Waals surface area contributed by atoms with Crippen molar-refractivity contribution in [2.24, 2.45) is 0 Å². The van der Waals surface area contributed by atoms with Gasteiger partial charge < -0.3 is 0 Å². The van der Waals surface area contributed by atoms with Gasteiger partial charge in [-0.2, -0.15) is 0 Å². The fourth-order valence-electron chi connectivity index (χ4n) is 11.0. The molecule has 60 heavy (non-hydrogen) atoms. The normalized spacial score (nSPS) is 17.2. The van der Waals surface area contributed by atoms with E-state index in [0.29, 0.717) is 0 Å². The molecule has 3 aliphatic rings. The predicted octanol–water partition coefficient (Wildman–Crippen LogP) is 13.0. The van der Waals surface area contributed by atoms with Gasteiger partial charge in [-0.3, -0.25) is 0 Å². The monoisotopic (exact) mass is 993 g/mol. The minimum atomic E-state index is -6.08. The first-order valence-electron chi connectivity index (χ1n) is 21.0. The van der Waals surface area contributed by atoms with E-state index in [9.17, 15) is 17.2 Å². The van der Waals surface area contributed by atoms with E-state index in [-0.39, 0.29) is 7.35 Å². The zero-order valence-corrected chi connectivity index (χ0v) is 40.2. The second-order valence-corrected chi connectivity index (χ2v) is 48.0. The van der Waals surface area contributed by atoms with Crippen LogP contribution in [0.5, 0.6) is 0 Å². The fraction of sp³-hybridized carbons (Fsp3) is 0.0714. The van der Waals surface area contributed by atoms with Crippen molar-refractivity contribution >= 4 is 63.7 Å². The van der Waals surface area contributed by atoms with Crippen molar-refractivity contribution in [3.63, 3.8) is 0 Å². The first-order valence-corrected chi connectivity index (χ1v) is 37.3. The Bertz CT molecular complexity index is 2930. The number of allylic oxidation sites excluding steroid dienone is 2. The van der Waals surface area contributed by atoms with Crippen molar-refractivity contribution < 1.29 is 16.1 Å². The Morgan fingerprint density at radius 3 is 1.33 bits per heavy atom. The van der Waals surface area contributed by atoms with Crippen LogP contribution in [0.4, 0.5) is 0 Å². The molecule has 11 rings (SSSR count). The molecule has 0 amide bonds. The van der Waals surface area contributed by atoms with Crippen molar-refractivity contribution in [3.8, 4) is 33.4 Å². The molecule has 1 aliphatic heterocycles. The molecular formula is C56H43Cl2HfSi. The van der Waals surface area contributed by atoms with Crippen molar-refractivity contribution in [1.82, 2.24) is 0 Å². The van der Waals surface area contributed by atoms with E-state index in [1.807, 2.05) is 0 Å². The van der Waals surface area contributed by atoms with Crippen LogP contribution in [0.25, 0.3) is 56.7 Å². The maximum atomic E-state index is 9.49. The van der Waals surface area contributed by atoms with Crippen LogP contribution in [0, 0.1) is 13.8 Å². The summed E-state index contributed by atoms with van der Waals surface area (Å²) in [5.41, 5.74) is 19.8. The molecule has 0 aromatic heterocycles. The van der Waals surface area contributed by atoms with E-state index in [1.165, 1.54) is 103 Å². The van der Waals surface area contributed by atoms with Crippen LogP contribution >= 0.6 is 17.2 Å². The van der Waals surface area contributed by atoms with Gasteiger partial charge in [0.15, 0.2) is 0 Å². The number of hydrogen-bond acceptors (Lipinski definition) is 0. The van der Waals surface area contributed by atoms with E-state index in [4.69, 9.17) is 0 Å². The molecule has 0 fully saturated rings. The topological polar surface area (TPSA) is 0 Å². The number of benzene rings is 8. The van der Waals surface area contributed by atoms with Gasteiger partial charge in [0.1, 0.15) is 0 Å². The molecule has 0 radical (unpaired) electrons.